The maximum Gasteiger partial charge on any atom is 0.263 e. The number of aromatic nitrogens is 2. The molecule has 0 saturated carbocycles. The van der Waals surface area contributed by atoms with Gasteiger partial charge in [0.05, 0.1) is 22.3 Å². The molecule has 36 heavy (non-hydrogen) atoms. The number of nitrogens with one attached hydrogen (secondary N) is 2. The van der Waals surface area contributed by atoms with E-state index in [1.165, 1.54) is 18.2 Å². The highest BCUT2D eigenvalue weighted by Gasteiger charge is 2.26. The number of aliphatic hydroxyl groups is 1. The molecule has 4 heterocycles. The van der Waals surface area contributed by atoms with Gasteiger partial charge in [-0.2, -0.15) is 0 Å². The molecule has 1 saturated heterocycles. The number of amides is 1. The van der Waals surface area contributed by atoms with Crippen molar-refractivity contribution < 1.29 is 19.0 Å². The molecule has 11 heteroatoms. The molecule has 0 spiro atoms. The summed E-state index contributed by atoms with van der Waals surface area (Å²) in [4.78, 5) is 30.6. The lowest BCUT2D eigenvalue weighted by atomic mass is 9.96. The van der Waals surface area contributed by atoms with Gasteiger partial charge in [0, 0.05) is 44.9 Å². The molecule has 0 aliphatic carbocycles. The second kappa shape index (κ2) is 10.5. The van der Waals surface area contributed by atoms with E-state index in [4.69, 9.17) is 16.3 Å². The van der Waals surface area contributed by atoms with Crippen LogP contribution in [0.2, 0.25) is 5.02 Å². The van der Waals surface area contributed by atoms with Crippen molar-refractivity contribution in [1.82, 2.24) is 19.8 Å². The summed E-state index contributed by atoms with van der Waals surface area (Å²) in [6.07, 6.45) is 0.170. The Labute approximate surface area is 211 Å². The molecule has 9 nitrogen and oxygen atoms in total. The molecular weight excluding hydrogens is 489 g/mol. The van der Waals surface area contributed by atoms with Gasteiger partial charge in [0.2, 0.25) is 0 Å². The van der Waals surface area contributed by atoms with Crippen molar-refractivity contribution in [3.8, 4) is 5.75 Å². The van der Waals surface area contributed by atoms with Crippen LogP contribution in [0.1, 0.15) is 12.1 Å². The Balaban J connectivity index is 1.19. The van der Waals surface area contributed by atoms with Crippen molar-refractivity contribution in [3.05, 3.63) is 63.3 Å². The van der Waals surface area contributed by atoms with E-state index in [1.807, 2.05) is 0 Å². The first-order chi connectivity index (χ1) is 17.4. The van der Waals surface area contributed by atoms with Gasteiger partial charge in [-0.05, 0) is 48.5 Å². The summed E-state index contributed by atoms with van der Waals surface area (Å²) in [7, 11) is 0. The smallest absolute Gasteiger partial charge is 0.263 e. The van der Waals surface area contributed by atoms with Gasteiger partial charge in [-0.15, -0.1) is 0 Å². The third-order valence-electron chi connectivity index (χ3n) is 6.54. The quantitative estimate of drug-likeness (QED) is 0.441. The number of anilines is 1. The van der Waals surface area contributed by atoms with E-state index in [0.29, 0.717) is 66.9 Å². The number of halogens is 2. The number of carbonyl (C=O) groups excluding carboxylic acids is 1. The number of ether oxygens (including phenoxy) is 1. The van der Waals surface area contributed by atoms with Crippen LogP contribution >= 0.6 is 11.6 Å². The van der Waals surface area contributed by atoms with E-state index in [1.54, 1.807) is 22.8 Å². The zero-order chi connectivity index (χ0) is 25.2. The Bertz CT molecular complexity index is 1350. The number of hydrogen-bond acceptors (Lipinski definition) is 7. The number of aliphatic hydroxyl groups excluding tert-OH is 1. The lowest BCUT2D eigenvalue weighted by Crippen LogP contribution is -2.47. The standard InChI is InChI=1S/C25H27ClFN5O4/c26-19-9-22-25(30-23(34)14-36-22)29-20(19)11-28-10-15-7-18(33)13-31(12-15)5-6-32-21-8-17(27)3-1-16(21)2-4-24(32)35/h1-4,8-9,15,18,28,33H,5-7,10-14H2,(H,29,30,34). The Morgan fingerprint density at radius 3 is 2.89 bits per heavy atom. The number of nitrogens with zero attached hydrogens (tertiary/aromatic N) is 3. The van der Waals surface area contributed by atoms with Gasteiger partial charge in [-0.1, -0.05) is 11.6 Å². The minimum atomic E-state index is -0.481. The van der Waals surface area contributed by atoms with Gasteiger partial charge in [0.1, 0.15) is 5.82 Å². The lowest BCUT2D eigenvalue weighted by molar-refractivity contribution is -0.118. The predicted molar refractivity (Wildman–Crippen MR) is 134 cm³/mol. The Kier molecular flexibility index (Phi) is 7.20. The second-order valence-electron chi connectivity index (χ2n) is 9.27. The SMILES string of the molecule is O=C1COc2cc(Cl)c(CNCC3CC(O)CN(CCn4c(=O)ccc5ccc(F)cc54)C3)nc2N1. The third-order valence-corrected chi connectivity index (χ3v) is 6.87. The summed E-state index contributed by atoms with van der Waals surface area (Å²) >= 11 is 6.33. The minimum absolute atomic E-state index is 0.0604. The number of carbonyl (C=O) groups is 1. The summed E-state index contributed by atoms with van der Waals surface area (Å²) in [6, 6.07) is 9.27. The zero-order valence-electron chi connectivity index (χ0n) is 19.5. The van der Waals surface area contributed by atoms with Crippen molar-refractivity contribution in [1.29, 1.82) is 0 Å². The molecule has 190 valence electrons. The highest BCUT2D eigenvalue weighted by atomic mass is 35.5. The Morgan fingerprint density at radius 1 is 1.19 bits per heavy atom. The summed E-state index contributed by atoms with van der Waals surface area (Å²) in [5.41, 5.74) is 0.978. The van der Waals surface area contributed by atoms with Crippen LogP contribution in [-0.2, 0) is 17.9 Å². The van der Waals surface area contributed by atoms with Crippen LogP contribution in [0.3, 0.4) is 0 Å². The summed E-state index contributed by atoms with van der Waals surface area (Å²) in [5, 5.41) is 17.7. The largest absolute Gasteiger partial charge is 0.480 e. The Hall–Kier alpha value is -3.05. The average molecular weight is 516 g/mol. The average Bonchev–Trinajstić information content (AvgIpc) is 2.83. The van der Waals surface area contributed by atoms with Crippen molar-refractivity contribution in [2.24, 2.45) is 5.92 Å². The van der Waals surface area contributed by atoms with Gasteiger partial charge in [-0.25, -0.2) is 9.37 Å². The first-order valence-electron chi connectivity index (χ1n) is 11.9. The van der Waals surface area contributed by atoms with E-state index in [2.05, 4.69) is 20.5 Å². The lowest BCUT2D eigenvalue weighted by Gasteiger charge is -2.36. The van der Waals surface area contributed by atoms with Crippen LogP contribution in [0.25, 0.3) is 10.9 Å². The molecule has 2 unspecified atom stereocenters. The fraction of sp³-hybridized carbons (Fsp3) is 0.400. The van der Waals surface area contributed by atoms with Gasteiger partial charge in [0.15, 0.2) is 18.2 Å². The van der Waals surface area contributed by atoms with Crippen LogP contribution in [0, 0.1) is 11.7 Å². The maximum absolute atomic E-state index is 13.8. The molecule has 0 bridgehead atoms. The predicted octanol–water partition coefficient (Wildman–Crippen LogP) is 1.99. The molecule has 2 aromatic heterocycles. The number of likely N-dealkylation sites (tertiary alicyclic amines) is 1. The summed E-state index contributed by atoms with van der Waals surface area (Å²) < 4.78 is 20.7. The number of rotatable bonds is 7. The molecule has 5 rings (SSSR count). The molecule has 3 N–H and O–H groups in total. The molecule has 2 aliphatic rings. The zero-order valence-corrected chi connectivity index (χ0v) is 20.3. The Morgan fingerprint density at radius 2 is 2.03 bits per heavy atom. The van der Waals surface area contributed by atoms with Crippen molar-refractivity contribution in [3.63, 3.8) is 0 Å². The second-order valence-corrected chi connectivity index (χ2v) is 9.68. The highest BCUT2D eigenvalue weighted by molar-refractivity contribution is 6.31. The summed E-state index contributed by atoms with van der Waals surface area (Å²) in [6.45, 7) is 3.18. The van der Waals surface area contributed by atoms with Crippen LogP contribution in [0.15, 0.2) is 41.2 Å². The minimum Gasteiger partial charge on any atom is -0.480 e. The number of benzene rings is 1. The molecule has 0 radical (unpaired) electrons. The van der Waals surface area contributed by atoms with Crippen molar-refractivity contribution in [2.75, 3.05) is 38.1 Å². The topological polar surface area (TPSA) is 109 Å². The van der Waals surface area contributed by atoms with E-state index in [0.717, 1.165) is 11.9 Å². The number of fused-ring (bicyclic) bond motifs is 2. The molecule has 2 aliphatic heterocycles. The molecule has 3 aromatic rings. The van der Waals surface area contributed by atoms with Crippen LogP contribution in [0.5, 0.6) is 5.75 Å². The molecule has 1 aromatic carbocycles. The van der Waals surface area contributed by atoms with E-state index in [9.17, 15) is 19.1 Å². The number of β-amino-alcohol motifs (C(OH)–C–C–N with tert-alkyl or cyclic N) is 1. The van der Waals surface area contributed by atoms with Gasteiger partial charge in [-0.3, -0.25) is 14.5 Å². The van der Waals surface area contributed by atoms with Gasteiger partial charge >= 0.3 is 0 Å². The molecule has 1 fully saturated rings. The van der Waals surface area contributed by atoms with Gasteiger partial charge in [0.25, 0.3) is 11.5 Å². The third kappa shape index (κ3) is 5.52. The fourth-order valence-corrected chi connectivity index (χ4v) is 5.08. The number of pyridine rings is 2. The van der Waals surface area contributed by atoms with Crippen molar-refractivity contribution >= 4 is 34.2 Å². The van der Waals surface area contributed by atoms with E-state index >= 15 is 0 Å². The first kappa shape index (κ1) is 24.6. The normalized spacial score (nSPS) is 20.1. The number of hydrogen-bond donors (Lipinski definition) is 3. The fourth-order valence-electron chi connectivity index (χ4n) is 4.88. The van der Waals surface area contributed by atoms with E-state index < -0.39 is 6.10 Å². The highest BCUT2D eigenvalue weighted by Crippen LogP contribution is 2.30. The molecular formula is C25H27ClFN5O4. The first-order valence-corrected chi connectivity index (χ1v) is 12.3. The van der Waals surface area contributed by atoms with Gasteiger partial charge < -0.3 is 25.0 Å². The maximum atomic E-state index is 13.8. The van der Waals surface area contributed by atoms with E-state index in [-0.39, 0.29) is 29.8 Å². The molecule has 1 amide bonds. The molecule has 2 atom stereocenters. The monoisotopic (exact) mass is 515 g/mol. The summed E-state index contributed by atoms with van der Waals surface area (Å²) in [5.74, 6) is 0.334. The van der Waals surface area contributed by atoms with Crippen molar-refractivity contribution in [2.45, 2.75) is 25.6 Å². The van der Waals surface area contributed by atoms with Crippen LogP contribution in [0.4, 0.5) is 10.2 Å². The number of piperidine rings is 1. The van der Waals surface area contributed by atoms with Crippen LogP contribution in [-0.4, -0.2) is 64.4 Å². The van der Waals surface area contributed by atoms with Crippen LogP contribution < -0.4 is 20.9 Å².